The number of oxazole rings is 1. The van der Waals surface area contributed by atoms with E-state index in [1.807, 2.05) is 6.92 Å². The molecule has 8 heteroatoms. The summed E-state index contributed by atoms with van der Waals surface area (Å²) in [5.74, 6) is -0.396. The second-order valence-corrected chi connectivity index (χ2v) is 9.38. The molecule has 0 amide bonds. The van der Waals surface area contributed by atoms with E-state index in [0.29, 0.717) is 22.3 Å². The molecule has 31 heavy (non-hydrogen) atoms. The van der Waals surface area contributed by atoms with Crippen molar-refractivity contribution >= 4 is 21.4 Å². The fourth-order valence-electron chi connectivity index (χ4n) is 3.81. The van der Waals surface area contributed by atoms with Gasteiger partial charge >= 0.3 is 0 Å². The number of hydrogen-bond acceptors (Lipinski definition) is 7. The zero-order valence-electron chi connectivity index (χ0n) is 16.5. The van der Waals surface area contributed by atoms with Gasteiger partial charge in [0.2, 0.25) is 20.8 Å². The number of carbonyl (C=O) groups excluding carboxylic acids is 2. The summed E-state index contributed by atoms with van der Waals surface area (Å²) in [4.78, 5) is 29.9. The van der Waals surface area contributed by atoms with Crippen molar-refractivity contribution < 1.29 is 27.2 Å². The Balaban J connectivity index is 1.44. The Kier molecular flexibility index (Phi) is 4.49. The predicted octanol–water partition coefficient (Wildman–Crippen LogP) is 3.65. The minimum atomic E-state index is -3.87. The van der Waals surface area contributed by atoms with Crippen LogP contribution in [-0.4, -0.2) is 31.6 Å². The van der Waals surface area contributed by atoms with Gasteiger partial charge in [-0.15, -0.1) is 0 Å². The molecule has 0 fully saturated rings. The number of Topliss-reactive ketones (excluding diaryl/α,β-unsaturated/α-hetero) is 2. The third kappa shape index (κ3) is 3.15. The maximum atomic E-state index is 12.9. The smallest absolute Gasteiger partial charge is 0.243 e. The van der Waals surface area contributed by atoms with Crippen LogP contribution in [0.15, 0.2) is 80.3 Å². The van der Waals surface area contributed by atoms with Gasteiger partial charge < -0.3 is 9.15 Å². The van der Waals surface area contributed by atoms with Crippen LogP contribution in [0.25, 0.3) is 0 Å². The maximum Gasteiger partial charge on any atom is 0.243 e. The van der Waals surface area contributed by atoms with Crippen LogP contribution in [0.4, 0.5) is 0 Å². The van der Waals surface area contributed by atoms with Crippen molar-refractivity contribution in [3.05, 3.63) is 88.5 Å². The lowest BCUT2D eigenvalue weighted by atomic mass is 9.81. The number of benzene rings is 2. The summed E-state index contributed by atoms with van der Waals surface area (Å²) in [5, 5.41) is -0.300. The number of hydrogen-bond donors (Lipinski definition) is 0. The van der Waals surface area contributed by atoms with Gasteiger partial charge in [-0.2, -0.15) is 0 Å². The zero-order chi connectivity index (χ0) is 21.8. The van der Waals surface area contributed by atoms with Crippen molar-refractivity contribution in [3.63, 3.8) is 0 Å². The van der Waals surface area contributed by atoms with Crippen LogP contribution in [0, 0.1) is 6.92 Å². The number of aryl methyl sites for hydroxylation is 1. The number of aromatic nitrogens is 1. The van der Waals surface area contributed by atoms with Gasteiger partial charge in [0.15, 0.2) is 11.6 Å². The summed E-state index contributed by atoms with van der Waals surface area (Å²) in [6.07, 6.45) is 0.461. The summed E-state index contributed by atoms with van der Waals surface area (Å²) in [6.45, 7) is 1.79. The van der Waals surface area contributed by atoms with Crippen LogP contribution >= 0.6 is 0 Å². The maximum absolute atomic E-state index is 12.9. The molecule has 1 atom stereocenters. The second kappa shape index (κ2) is 7.11. The monoisotopic (exact) mass is 435 g/mol. The molecule has 0 saturated carbocycles. The Bertz CT molecular complexity index is 1370. The highest BCUT2D eigenvalue weighted by Crippen LogP contribution is 2.38. The summed E-state index contributed by atoms with van der Waals surface area (Å²) in [5.41, 5.74) is 2.36. The molecule has 0 bridgehead atoms. The number of ketones is 2. The van der Waals surface area contributed by atoms with Crippen molar-refractivity contribution in [2.75, 3.05) is 6.61 Å². The first-order chi connectivity index (χ1) is 14.9. The number of sulfone groups is 1. The van der Waals surface area contributed by atoms with Gasteiger partial charge in [0, 0.05) is 28.7 Å². The Hall–Kier alpha value is -3.36. The van der Waals surface area contributed by atoms with E-state index in [4.69, 9.17) is 9.15 Å². The third-order valence-corrected chi connectivity index (χ3v) is 7.13. The lowest BCUT2D eigenvalue weighted by Gasteiger charge is -2.28. The molecule has 1 unspecified atom stereocenters. The van der Waals surface area contributed by atoms with Crippen molar-refractivity contribution in [1.29, 1.82) is 0 Å². The molecule has 1 aromatic heterocycles. The van der Waals surface area contributed by atoms with Gasteiger partial charge in [0.25, 0.3) is 0 Å². The topological polar surface area (TPSA) is 104 Å². The van der Waals surface area contributed by atoms with E-state index in [0.717, 1.165) is 11.8 Å². The fourth-order valence-corrected chi connectivity index (χ4v) is 4.93. The van der Waals surface area contributed by atoms with Crippen LogP contribution in [0.1, 0.15) is 44.7 Å². The molecular formula is C23H17NO6S. The highest BCUT2D eigenvalue weighted by molar-refractivity contribution is 7.91. The molecule has 7 nitrogen and oxygen atoms in total. The molecule has 0 saturated heterocycles. The van der Waals surface area contributed by atoms with E-state index in [1.54, 1.807) is 36.4 Å². The molecule has 156 valence electrons. The first kappa shape index (κ1) is 19.6. The Labute approximate surface area is 178 Å². The Morgan fingerprint density at radius 2 is 1.58 bits per heavy atom. The predicted molar refractivity (Wildman–Crippen MR) is 109 cm³/mol. The lowest BCUT2D eigenvalue weighted by molar-refractivity contribution is 0.0326. The highest BCUT2D eigenvalue weighted by atomic mass is 32.2. The summed E-state index contributed by atoms with van der Waals surface area (Å²) in [7, 11) is -3.87. The van der Waals surface area contributed by atoms with Crippen LogP contribution in [0.5, 0.6) is 0 Å². The highest BCUT2D eigenvalue weighted by Gasteiger charge is 2.38. The van der Waals surface area contributed by atoms with Crippen LogP contribution < -0.4 is 0 Å². The first-order valence-electron chi connectivity index (χ1n) is 9.66. The normalized spacial score (nSPS) is 18.7. The Morgan fingerprint density at radius 3 is 2.26 bits per heavy atom. The van der Waals surface area contributed by atoms with Crippen molar-refractivity contribution in [2.45, 2.75) is 29.4 Å². The van der Waals surface area contributed by atoms with Crippen LogP contribution in [0.3, 0.4) is 0 Å². The van der Waals surface area contributed by atoms with Gasteiger partial charge in [0.1, 0.15) is 6.10 Å². The van der Waals surface area contributed by atoms with E-state index in [9.17, 15) is 18.0 Å². The van der Waals surface area contributed by atoms with Crippen LogP contribution in [-0.2, 0) is 14.6 Å². The van der Waals surface area contributed by atoms with Crippen molar-refractivity contribution in [1.82, 2.24) is 4.98 Å². The quantitative estimate of drug-likeness (QED) is 0.618. The number of rotatable bonds is 3. The number of carbonyl (C=O) groups is 2. The fraction of sp³-hybridized carbons (Fsp3) is 0.174. The molecule has 2 heterocycles. The second-order valence-electron chi connectivity index (χ2n) is 7.50. The molecule has 1 aliphatic carbocycles. The summed E-state index contributed by atoms with van der Waals surface area (Å²) in [6, 6.07) is 13.1. The van der Waals surface area contributed by atoms with Crippen LogP contribution in [0.2, 0.25) is 0 Å². The van der Waals surface area contributed by atoms with E-state index < -0.39 is 15.9 Å². The van der Waals surface area contributed by atoms with Crippen molar-refractivity contribution in [3.8, 4) is 0 Å². The van der Waals surface area contributed by atoms with E-state index >= 15 is 0 Å². The van der Waals surface area contributed by atoms with E-state index in [2.05, 4.69) is 4.98 Å². The first-order valence-corrected chi connectivity index (χ1v) is 11.1. The molecule has 1 aliphatic heterocycles. The number of ether oxygens (including phenoxy) is 1. The SMILES string of the molecule is Cc1ccc(S(=O)(=O)c2cnc(C3CC4=C(CO3)C(=O)c3ccccc3C4=O)o2)cc1. The molecule has 3 aromatic rings. The van der Waals surface area contributed by atoms with E-state index in [-0.39, 0.29) is 40.5 Å². The lowest BCUT2D eigenvalue weighted by Crippen LogP contribution is -2.30. The molecule has 5 rings (SSSR count). The summed E-state index contributed by atoms with van der Waals surface area (Å²) < 4.78 is 36.9. The van der Waals surface area contributed by atoms with Gasteiger partial charge in [-0.25, -0.2) is 13.4 Å². The van der Waals surface area contributed by atoms with E-state index in [1.165, 1.54) is 12.1 Å². The zero-order valence-corrected chi connectivity index (χ0v) is 17.3. The number of fused-ring (bicyclic) bond motifs is 1. The van der Waals surface area contributed by atoms with Gasteiger partial charge in [0.05, 0.1) is 17.7 Å². The average molecular weight is 435 g/mol. The molecular weight excluding hydrogens is 418 g/mol. The number of nitrogens with zero attached hydrogens (tertiary/aromatic N) is 1. The minimum absolute atomic E-state index is 0.0522. The average Bonchev–Trinajstić information content (AvgIpc) is 3.29. The molecule has 0 radical (unpaired) electrons. The van der Waals surface area contributed by atoms with Gasteiger partial charge in [-0.05, 0) is 19.1 Å². The third-order valence-electron chi connectivity index (χ3n) is 5.52. The van der Waals surface area contributed by atoms with Gasteiger partial charge in [-0.3, -0.25) is 9.59 Å². The largest absolute Gasteiger partial charge is 0.426 e. The standard InChI is InChI=1S/C23H17NO6S/c1-13-6-8-14(9-7-13)31(27,28)20-11-24-23(30-20)19-10-17-18(12-29-19)22(26)16-5-3-2-4-15(16)21(17)25/h2-9,11,19H,10,12H2,1H3. The molecule has 2 aliphatic rings. The van der Waals surface area contributed by atoms with Gasteiger partial charge in [-0.1, -0.05) is 42.0 Å². The Morgan fingerprint density at radius 1 is 0.935 bits per heavy atom. The molecule has 0 N–H and O–H groups in total. The van der Waals surface area contributed by atoms with Crippen molar-refractivity contribution in [2.24, 2.45) is 0 Å². The molecule has 0 spiro atoms. The molecule has 2 aromatic carbocycles. The summed E-state index contributed by atoms with van der Waals surface area (Å²) >= 11 is 0. The minimum Gasteiger partial charge on any atom is -0.426 e.